The third kappa shape index (κ3) is 6.19. The Morgan fingerprint density at radius 2 is 1.07 bits per heavy atom. The molecule has 2 nitrogen and oxygen atoms in total. The van der Waals surface area contributed by atoms with Gasteiger partial charge in [0, 0.05) is 43.5 Å². The molecular weight excluding hydrogens is 445 g/mol. The maximum atomic E-state index is 4.69. The van der Waals surface area contributed by atoms with Crippen molar-refractivity contribution in [3.63, 3.8) is 0 Å². The van der Waals surface area contributed by atoms with E-state index in [0.717, 1.165) is 22.9 Å². The van der Waals surface area contributed by atoms with Crippen LogP contribution in [0.2, 0.25) is 0 Å². The van der Waals surface area contributed by atoms with Gasteiger partial charge in [0.05, 0.1) is 11.4 Å². The van der Waals surface area contributed by atoms with E-state index in [0.29, 0.717) is 0 Å². The first-order valence-electron chi connectivity index (χ1n) is 9.47. The van der Waals surface area contributed by atoms with Gasteiger partial charge in [0.25, 0.3) is 0 Å². The maximum Gasteiger partial charge on any atom is 0.0765 e. The SMILES string of the molecule is C(=Nc1ccccc1SCCSc1ccccc1N=Cc1cccs1)c1cccs1. The molecule has 150 valence electrons. The van der Waals surface area contributed by atoms with Gasteiger partial charge in [0.2, 0.25) is 0 Å². The van der Waals surface area contributed by atoms with Crippen LogP contribution in [0.1, 0.15) is 9.75 Å². The average Bonchev–Trinajstić information content (AvgIpc) is 3.49. The van der Waals surface area contributed by atoms with Gasteiger partial charge in [-0.25, -0.2) is 0 Å². The fraction of sp³-hybridized carbons (Fsp3) is 0.0833. The summed E-state index contributed by atoms with van der Waals surface area (Å²) in [7, 11) is 0. The minimum Gasteiger partial charge on any atom is -0.254 e. The third-order valence-electron chi connectivity index (χ3n) is 4.08. The average molecular weight is 465 g/mol. The highest BCUT2D eigenvalue weighted by Crippen LogP contribution is 2.33. The van der Waals surface area contributed by atoms with Crippen LogP contribution in [0.25, 0.3) is 0 Å². The summed E-state index contributed by atoms with van der Waals surface area (Å²) in [6.45, 7) is 0. The van der Waals surface area contributed by atoms with Crippen molar-refractivity contribution >= 4 is 70.0 Å². The number of para-hydroxylation sites is 2. The number of nitrogens with zero attached hydrogens (tertiary/aromatic N) is 2. The van der Waals surface area contributed by atoms with Crippen molar-refractivity contribution in [2.45, 2.75) is 9.79 Å². The number of hydrogen-bond acceptors (Lipinski definition) is 6. The van der Waals surface area contributed by atoms with Gasteiger partial charge in [-0.05, 0) is 47.2 Å². The fourth-order valence-corrected chi connectivity index (χ4v) is 5.83. The van der Waals surface area contributed by atoms with Gasteiger partial charge in [-0.1, -0.05) is 36.4 Å². The molecule has 0 aliphatic carbocycles. The Bertz CT molecular complexity index is 1010. The first kappa shape index (κ1) is 21.1. The van der Waals surface area contributed by atoms with Crippen LogP contribution in [-0.2, 0) is 0 Å². The highest BCUT2D eigenvalue weighted by atomic mass is 32.2. The van der Waals surface area contributed by atoms with Crippen LogP contribution in [0.15, 0.2) is 103 Å². The summed E-state index contributed by atoms with van der Waals surface area (Å²) in [5.41, 5.74) is 2.06. The molecule has 30 heavy (non-hydrogen) atoms. The van der Waals surface area contributed by atoms with Crippen molar-refractivity contribution in [2.24, 2.45) is 9.98 Å². The second kappa shape index (κ2) is 11.3. The monoisotopic (exact) mass is 464 g/mol. The van der Waals surface area contributed by atoms with Crippen LogP contribution in [0.4, 0.5) is 11.4 Å². The summed E-state index contributed by atoms with van der Waals surface area (Å²) in [6.07, 6.45) is 3.89. The van der Waals surface area contributed by atoms with Gasteiger partial charge in [0.1, 0.15) is 0 Å². The lowest BCUT2D eigenvalue weighted by molar-refractivity contribution is 1.36. The van der Waals surface area contributed by atoms with Gasteiger partial charge < -0.3 is 0 Å². The van der Waals surface area contributed by atoms with E-state index in [1.54, 1.807) is 22.7 Å². The van der Waals surface area contributed by atoms with Crippen molar-refractivity contribution < 1.29 is 0 Å². The second-order valence-corrected chi connectivity index (χ2v) is 10.4. The summed E-state index contributed by atoms with van der Waals surface area (Å²) in [4.78, 5) is 14.2. The molecule has 0 amide bonds. The molecule has 0 N–H and O–H groups in total. The molecule has 0 aliphatic rings. The van der Waals surface area contributed by atoms with Crippen molar-refractivity contribution in [1.82, 2.24) is 0 Å². The number of thioether (sulfide) groups is 2. The van der Waals surface area contributed by atoms with Crippen LogP contribution in [0.5, 0.6) is 0 Å². The Labute approximate surface area is 193 Å². The van der Waals surface area contributed by atoms with Crippen molar-refractivity contribution in [3.8, 4) is 0 Å². The molecule has 2 heterocycles. The number of rotatable bonds is 9. The van der Waals surface area contributed by atoms with Crippen molar-refractivity contribution in [1.29, 1.82) is 0 Å². The quantitative estimate of drug-likeness (QED) is 0.142. The molecule has 2 aromatic carbocycles. The summed E-state index contributed by atoms with van der Waals surface area (Å²) in [5.74, 6) is 2.03. The molecule has 0 radical (unpaired) electrons. The lowest BCUT2D eigenvalue weighted by Gasteiger charge is -2.07. The van der Waals surface area contributed by atoms with E-state index in [4.69, 9.17) is 0 Å². The maximum absolute atomic E-state index is 4.69. The van der Waals surface area contributed by atoms with Crippen LogP contribution in [0, 0.1) is 0 Å². The minimum absolute atomic E-state index is 1.01. The smallest absolute Gasteiger partial charge is 0.0765 e. The fourth-order valence-electron chi connectivity index (χ4n) is 2.67. The van der Waals surface area contributed by atoms with E-state index in [1.807, 2.05) is 60.2 Å². The third-order valence-corrected chi connectivity index (χ3v) is 8.08. The summed E-state index contributed by atoms with van der Waals surface area (Å²) in [5, 5.41) is 4.14. The largest absolute Gasteiger partial charge is 0.254 e. The van der Waals surface area contributed by atoms with E-state index in [2.05, 4.69) is 69.3 Å². The molecule has 0 spiro atoms. The van der Waals surface area contributed by atoms with Crippen LogP contribution in [0.3, 0.4) is 0 Å². The molecule has 0 saturated carbocycles. The Morgan fingerprint density at radius 1 is 0.600 bits per heavy atom. The van der Waals surface area contributed by atoms with Crippen molar-refractivity contribution in [3.05, 3.63) is 93.3 Å². The first-order valence-corrected chi connectivity index (χ1v) is 13.2. The highest BCUT2D eigenvalue weighted by molar-refractivity contribution is 8.03. The molecule has 0 unspecified atom stereocenters. The Kier molecular flexibility index (Phi) is 7.97. The van der Waals surface area contributed by atoms with E-state index in [1.165, 1.54) is 19.5 Å². The minimum atomic E-state index is 1.01. The number of benzene rings is 2. The van der Waals surface area contributed by atoms with E-state index in [-0.39, 0.29) is 0 Å². The Balaban J connectivity index is 1.34. The van der Waals surface area contributed by atoms with Gasteiger partial charge in [-0.3, -0.25) is 9.98 Å². The Hall–Kier alpha value is -2.12. The highest BCUT2D eigenvalue weighted by Gasteiger charge is 2.04. The summed E-state index contributed by atoms with van der Waals surface area (Å²) in [6, 6.07) is 25.0. The lowest BCUT2D eigenvalue weighted by Crippen LogP contribution is -1.86. The molecular formula is C24H20N2S4. The molecule has 0 atom stereocenters. The van der Waals surface area contributed by atoms with Crippen LogP contribution < -0.4 is 0 Å². The summed E-state index contributed by atoms with van der Waals surface area (Å²) >= 11 is 7.11. The zero-order chi connectivity index (χ0) is 20.4. The summed E-state index contributed by atoms with van der Waals surface area (Å²) < 4.78 is 0. The van der Waals surface area contributed by atoms with Gasteiger partial charge >= 0.3 is 0 Å². The normalized spacial score (nSPS) is 11.6. The lowest BCUT2D eigenvalue weighted by atomic mass is 10.3. The van der Waals surface area contributed by atoms with Crippen LogP contribution in [-0.4, -0.2) is 23.9 Å². The standard InChI is InChI=1S/C24H20N2S4/c1-3-11-23(21(9-1)25-17-19-7-5-13-27-19)29-15-16-30-24-12-4-2-10-22(24)26-18-20-8-6-14-28-20/h1-14,17-18H,15-16H2. The first-order chi connectivity index (χ1) is 14.9. The number of aliphatic imine (C=N–C) groups is 2. The van der Waals surface area contributed by atoms with Crippen molar-refractivity contribution in [2.75, 3.05) is 11.5 Å². The van der Waals surface area contributed by atoms with E-state index < -0.39 is 0 Å². The molecule has 0 bridgehead atoms. The zero-order valence-electron chi connectivity index (χ0n) is 16.2. The van der Waals surface area contributed by atoms with E-state index >= 15 is 0 Å². The topological polar surface area (TPSA) is 24.7 Å². The molecule has 0 aliphatic heterocycles. The molecule has 0 saturated heterocycles. The van der Waals surface area contributed by atoms with E-state index in [9.17, 15) is 0 Å². The predicted molar refractivity (Wildman–Crippen MR) is 137 cm³/mol. The molecule has 6 heteroatoms. The van der Waals surface area contributed by atoms with Gasteiger partial charge in [-0.2, -0.15) is 0 Å². The zero-order valence-corrected chi connectivity index (χ0v) is 19.4. The Morgan fingerprint density at radius 3 is 1.50 bits per heavy atom. The second-order valence-electron chi connectivity index (χ2n) is 6.18. The number of hydrogen-bond donors (Lipinski definition) is 0. The molecule has 0 fully saturated rings. The van der Waals surface area contributed by atoms with Gasteiger partial charge in [0.15, 0.2) is 0 Å². The molecule has 4 rings (SSSR count). The van der Waals surface area contributed by atoms with Crippen LogP contribution >= 0.6 is 46.2 Å². The van der Waals surface area contributed by atoms with Gasteiger partial charge in [-0.15, -0.1) is 46.2 Å². The molecule has 4 aromatic rings. The predicted octanol–water partition coefficient (Wildman–Crippen LogP) is 8.20. The number of thiophene rings is 2. The molecule has 2 aromatic heterocycles.